The van der Waals surface area contributed by atoms with Crippen molar-refractivity contribution in [1.29, 1.82) is 0 Å². The number of aliphatic hydroxyl groups excluding tert-OH is 2. The van der Waals surface area contributed by atoms with E-state index in [1.54, 1.807) is 12.1 Å². The topological polar surface area (TPSA) is 49.7 Å². The van der Waals surface area contributed by atoms with E-state index in [0.717, 1.165) is 18.6 Å². The summed E-state index contributed by atoms with van der Waals surface area (Å²) in [5.41, 5.74) is 1.14. The van der Waals surface area contributed by atoms with Gasteiger partial charge >= 0.3 is 0 Å². The molecule has 81 valence electrons. The van der Waals surface area contributed by atoms with Gasteiger partial charge < -0.3 is 14.9 Å². The summed E-state index contributed by atoms with van der Waals surface area (Å²) in [6, 6.07) is 7.37. The molecule has 0 aliphatic heterocycles. The maximum absolute atomic E-state index is 9.25. The lowest BCUT2D eigenvalue weighted by atomic mass is 10.1. The summed E-state index contributed by atoms with van der Waals surface area (Å²) in [7, 11) is 0. The van der Waals surface area contributed by atoms with Crippen LogP contribution in [0, 0.1) is 6.61 Å². The number of benzene rings is 1. The lowest BCUT2D eigenvalue weighted by molar-refractivity contribution is -0.0237. The Morgan fingerprint density at radius 1 is 1.33 bits per heavy atom. The van der Waals surface area contributed by atoms with Gasteiger partial charge in [0.2, 0.25) is 0 Å². The molecule has 2 N–H and O–H groups in total. The third-order valence-electron chi connectivity index (χ3n) is 1.88. The molecule has 0 heterocycles. The Balaban J connectivity index is 2.52. The van der Waals surface area contributed by atoms with Gasteiger partial charge in [0, 0.05) is 6.42 Å². The Morgan fingerprint density at radius 2 is 2.00 bits per heavy atom. The molecule has 1 aromatic carbocycles. The lowest BCUT2D eigenvalue weighted by Gasteiger charge is -2.11. The highest BCUT2D eigenvalue weighted by Crippen LogP contribution is 2.14. The van der Waals surface area contributed by atoms with Gasteiger partial charge in [-0.2, -0.15) is 0 Å². The molecule has 0 aliphatic rings. The fourth-order valence-corrected chi connectivity index (χ4v) is 1.17. The normalized spacial score (nSPS) is 12.1. The zero-order valence-electron chi connectivity index (χ0n) is 8.47. The Bertz CT molecular complexity index is 292. The summed E-state index contributed by atoms with van der Waals surface area (Å²) in [4.78, 5) is 0. The molecule has 15 heavy (non-hydrogen) atoms. The summed E-state index contributed by atoms with van der Waals surface area (Å²) in [5, 5.41) is 17.7. The van der Waals surface area contributed by atoms with Crippen LogP contribution >= 0.6 is 0 Å². The number of rotatable bonds is 6. The van der Waals surface area contributed by atoms with Gasteiger partial charge in [-0.3, -0.25) is 0 Å². The predicted molar refractivity (Wildman–Crippen MR) is 57.8 cm³/mol. The minimum Gasteiger partial charge on any atom is -0.465 e. The van der Waals surface area contributed by atoms with Crippen LogP contribution in [0.25, 0.3) is 0 Å². The fraction of sp³-hybridized carbons (Fsp3) is 0.250. The molecule has 0 bridgehead atoms. The van der Waals surface area contributed by atoms with Crippen molar-refractivity contribution in [2.45, 2.75) is 19.1 Å². The molecule has 0 saturated carbocycles. The molecular weight excluding hydrogens is 192 g/mol. The smallest absolute Gasteiger partial charge is 0.199 e. The van der Waals surface area contributed by atoms with Crippen molar-refractivity contribution in [2.24, 2.45) is 0 Å². The van der Waals surface area contributed by atoms with E-state index in [1.165, 1.54) is 0 Å². The van der Waals surface area contributed by atoms with Gasteiger partial charge in [0.15, 0.2) is 6.29 Å². The molecule has 0 saturated heterocycles. The lowest BCUT2D eigenvalue weighted by Crippen LogP contribution is -2.15. The van der Waals surface area contributed by atoms with E-state index in [0.29, 0.717) is 5.75 Å². The zero-order chi connectivity index (χ0) is 11.1. The second-order valence-electron chi connectivity index (χ2n) is 3.13. The molecule has 0 amide bonds. The quantitative estimate of drug-likeness (QED) is 0.554. The van der Waals surface area contributed by atoms with Crippen LogP contribution in [0.1, 0.15) is 12.0 Å². The number of aliphatic hydroxyl groups is 2. The van der Waals surface area contributed by atoms with Gasteiger partial charge in [-0.1, -0.05) is 18.2 Å². The summed E-state index contributed by atoms with van der Waals surface area (Å²) in [5.74, 6) is 0.581. The Kier molecular flexibility index (Phi) is 4.87. The van der Waals surface area contributed by atoms with Gasteiger partial charge in [0.25, 0.3) is 0 Å². The van der Waals surface area contributed by atoms with E-state index in [2.05, 4.69) is 6.58 Å². The van der Waals surface area contributed by atoms with Crippen molar-refractivity contribution >= 4 is 0 Å². The molecule has 0 spiro atoms. The van der Waals surface area contributed by atoms with E-state index in [-0.39, 0.29) is 6.42 Å². The summed E-state index contributed by atoms with van der Waals surface area (Å²) < 4.78 is 5.13. The molecule has 1 radical (unpaired) electrons. The van der Waals surface area contributed by atoms with Gasteiger partial charge in [0.1, 0.15) is 5.75 Å². The van der Waals surface area contributed by atoms with E-state index in [9.17, 15) is 5.11 Å². The second kappa shape index (κ2) is 6.22. The molecule has 1 atom stereocenters. The van der Waals surface area contributed by atoms with Crippen LogP contribution in [0.5, 0.6) is 5.75 Å². The van der Waals surface area contributed by atoms with Crippen LogP contribution in [0.4, 0.5) is 0 Å². The SMILES string of the molecule is C=CCc1ccc(OC(O)C[CH]O)cc1. The van der Waals surface area contributed by atoms with E-state index >= 15 is 0 Å². The van der Waals surface area contributed by atoms with Gasteiger partial charge in [-0.25, -0.2) is 0 Å². The molecule has 3 nitrogen and oxygen atoms in total. The average molecular weight is 207 g/mol. The number of hydrogen-bond donors (Lipinski definition) is 2. The fourth-order valence-electron chi connectivity index (χ4n) is 1.17. The number of ether oxygens (including phenoxy) is 1. The number of hydrogen-bond acceptors (Lipinski definition) is 3. The van der Waals surface area contributed by atoms with Gasteiger partial charge in [-0.15, -0.1) is 6.58 Å². The first-order valence-corrected chi connectivity index (χ1v) is 4.76. The first kappa shape index (κ1) is 11.8. The monoisotopic (exact) mass is 207 g/mol. The predicted octanol–water partition coefficient (Wildman–Crippen LogP) is 2.04. The third kappa shape index (κ3) is 4.14. The van der Waals surface area contributed by atoms with Crippen LogP contribution in [-0.4, -0.2) is 16.5 Å². The first-order valence-electron chi connectivity index (χ1n) is 4.76. The number of allylic oxidation sites excluding steroid dienone is 1. The van der Waals surface area contributed by atoms with Gasteiger partial charge in [-0.05, 0) is 24.1 Å². The molecule has 1 unspecified atom stereocenters. The second-order valence-corrected chi connectivity index (χ2v) is 3.13. The highest BCUT2D eigenvalue weighted by atomic mass is 16.6. The van der Waals surface area contributed by atoms with Crippen LogP contribution in [0.2, 0.25) is 0 Å². The molecule has 0 aromatic heterocycles. The van der Waals surface area contributed by atoms with Crippen molar-refractivity contribution in [3.05, 3.63) is 49.1 Å². The molecule has 1 aromatic rings. The summed E-state index contributed by atoms with van der Waals surface area (Å²) >= 11 is 0. The third-order valence-corrected chi connectivity index (χ3v) is 1.88. The first-order chi connectivity index (χ1) is 7.26. The minimum atomic E-state index is -1.000. The summed E-state index contributed by atoms with van der Waals surface area (Å²) in [6.45, 7) is 4.52. The van der Waals surface area contributed by atoms with Crippen LogP contribution in [-0.2, 0) is 6.42 Å². The summed E-state index contributed by atoms with van der Waals surface area (Å²) in [6.07, 6.45) is 1.73. The minimum absolute atomic E-state index is 0.0917. The van der Waals surface area contributed by atoms with Gasteiger partial charge in [0.05, 0.1) is 6.61 Å². The molecule has 1 rings (SSSR count). The maximum Gasteiger partial charge on any atom is 0.199 e. The molecule has 0 fully saturated rings. The van der Waals surface area contributed by atoms with Crippen molar-refractivity contribution < 1.29 is 14.9 Å². The Labute approximate surface area is 89.6 Å². The van der Waals surface area contributed by atoms with Crippen LogP contribution < -0.4 is 4.74 Å². The van der Waals surface area contributed by atoms with Crippen molar-refractivity contribution in [3.8, 4) is 5.75 Å². The van der Waals surface area contributed by atoms with Crippen molar-refractivity contribution in [3.63, 3.8) is 0 Å². The van der Waals surface area contributed by atoms with E-state index in [1.807, 2.05) is 18.2 Å². The molecular formula is C12H15O3. The highest BCUT2D eigenvalue weighted by molar-refractivity contribution is 5.28. The maximum atomic E-state index is 9.25. The largest absolute Gasteiger partial charge is 0.465 e. The Hall–Kier alpha value is -1.32. The van der Waals surface area contributed by atoms with Crippen molar-refractivity contribution in [1.82, 2.24) is 0 Å². The van der Waals surface area contributed by atoms with Crippen LogP contribution in [0.15, 0.2) is 36.9 Å². The van der Waals surface area contributed by atoms with E-state index < -0.39 is 6.29 Å². The van der Waals surface area contributed by atoms with Crippen LogP contribution in [0.3, 0.4) is 0 Å². The molecule has 0 aliphatic carbocycles. The van der Waals surface area contributed by atoms with Crippen molar-refractivity contribution in [2.75, 3.05) is 0 Å². The average Bonchev–Trinajstić information content (AvgIpc) is 2.22. The Morgan fingerprint density at radius 3 is 2.53 bits per heavy atom. The van der Waals surface area contributed by atoms with E-state index in [4.69, 9.17) is 9.84 Å². The zero-order valence-corrected chi connectivity index (χ0v) is 8.47. The molecule has 3 heteroatoms. The highest BCUT2D eigenvalue weighted by Gasteiger charge is 2.04. The standard InChI is InChI=1S/C12H15O3/c1-2-3-10-4-6-11(7-5-10)15-12(14)8-9-13/h2,4-7,9,12-14H,1,3,8H2.